The van der Waals surface area contributed by atoms with E-state index in [0.29, 0.717) is 19.4 Å². The number of nitrogens with zero attached hydrogens (tertiary/aromatic N) is 2. The summed E-state index contributed by atoms with van der Waals surface area (Å²) in [5.41, 5.74) is 0.356. The monoisotopic (exact) mass is 275 g/mol. The number of carbonyl (C=O) groups is 2. The van der Waals surface area contributed by atoms with E-state index >= 15 is 0 Å². The minimum atomic E-state index is -0.718. The fourth-order valence-corrected chi connectivity index (χ4v) is 2.63. The topological polar surface area (TPSA) is 62.3 Å². The first kappa shape index (κ1) is 14.5. The van der Waals surface area contributed by atoms with E-state index in [4.69, 9.17) is 0 Å². The SMILES string of the molecule is CCC1(CC)NC(=O)CN(CCc2cccnc2)C1=O. The second-order valence-electron chi connectivity index (χ2n) is 5.18. The van der Waals surface area contributed by atoms with E-state index in [1.807, 2.05) is 26.0 Å². The van der Waals surface area contributed by atoms with E-state index in [2.05, 4.69) is 10.3 Å². The van der Waals surface area contributed by atoms with Crippen LogP contribution in [0.4, 0.5) is 0 Å². The van der Waals surface area contributed by atoms with E-state index < -0.39 is 5.54 Å². The molecule has 0 radical (unpaired) electrons. The van der Waals surface area contributed by atoms with E-state index in [1.165, 1.54) is 0 Å². The molecule has 1 aliphatic rings. The molecule has 0 atom stereocenters. The van der Waals surface area contributed by atoms with Gasteiger partial charge in [0.1, 0.15) is 5.54 Å². The third kappa shape index (κ3) is 2.81. The molecule has 0 unspecified atom stereocenters. The van der Waals surface area contributed by atoms with Crippen molar-refractivity contribution in [1.82, 2.24) is 15.2 Å². The lowest BCUT2D eigenvalue weighted by Crippen LogP contribution is -2.66. The highest BCUT2D eigenvalue weighted by Crippen LogP contribution is 2.22. The van der Waals surface area contributed by atoms with Crippen LogP contribution < -0.4 is 5.32 Å². The molecule has 1 fully saturated rings. The van der Waals surface area contributed by atoms with Crippen molar-refractivity contribution in [3.63, 3.8) is 0 Å². The summed E-state index contributed by atoms with van der Waals surface area (Å²) in [5, 5.41) is 2.86. The van der Waals surface area contributed by atoms with Gasteiger partial charge in [-0.1, -0.05) is 19.9 Å². The highest BCUT2D eigenvalue weighted by molar-refractivity contribution is 5.97. The molecule has 1 aromatic rings. The number of aromatic nitrogens is 1. The number of rotatable bonds is 5. The van der Waals surface area contributed by atoms with Gasteiger partial charge in [0.15, 0.2) is 0 Å². The Hall–Kier alpha value is -1.91. The van der Waals surface area contributed by atoms with Crippen LogP contribution in [-0.2, 0) is 16.0 Å². The number of hydrogen-bond acceptors (Lipinski definition) is 3. The van der Waals surface area contributed by atoms with E-state index in [0.717, 1.165) is 12.0 Å². The smallest absolute Gasteiger partial charge is 0.248 e. The van der Waals surface area contributed by atoms with Crippen molar-refractivity contribution in [2.45, 2.75) is 38.6 Å². The molecule has 108 valence electrons. The number of piperazine rings is 1. The maximum absolute atomic E-state index is 12.6. The summed E-state index contributed by atoms with van der Waals surface area (Å²) < 4.78 is 0. The molecular formula is C15H21N3O2. The Kier molecular flexibility index (Phi) is 4.37. The minimum Gasteiger partial charge on any atom is -0.340 e. The molecular weight excluding hydrogens is 254 g/mol. The van der Waals surface area contributed by atoms with Crippen LogP contribution in [0, 0.1) is 0 Å². The van der Waals surface area contributed by atoms with Gasteiger partial charge in [0.2, 0.25) is 11.8 Å². The van der Waals surface area contributed by atoms with Gasteiger partial charge in [-0.3, -0.25) is 14.6 Å². The predicted octanol–water partition coefficient (Wildman–Crippen LogP) is 1.14. The summed E-state index contributed by atoms with van der Waals surface area (Å²) in [6.45, 7) is 4.58. The first-order chi connectivity index (χ1) is 9.61. The number of carbonyl (C=O) groups excluding carboxylic acids is 2. The van der Waals surface area contributed by atoms with Crippen molar-refractivity contribution in [2.75, 3.05) is 13.1 Å². The van der Waals surface area contributed by atoms with Gasteiger partial charge in [0.25, 0.3) is 0 Å². The van der Waals surface area contributed by atoms with E-state index in [9.17, 15) is 9.59 Å². The zero-order chi connectivity index (χ0) is 14.6. The number of amides is 2. The van der Waals surface area contributed by atoms with Crippen LogP contribution >= 0.6 is 0 Å². The summed E-state index contributed by atoms with van der Waals surface area (Å²) >= 11 is 0. The van der Waals surface area contributed by atoms with Crippen LogP contribution in [0.15, 0.2) is 24.5 Å². The first-order valence-electron chi connectivity index (χ1n) is 7.10. The van der Waals surface area contributed by atoms with Gasteiger partial charge in [-0.15, -0.1) is 0 Å². The summed E-state index contributed by atoms with van der Waals surface area (Å²) in [7, 11) is 0. The maximum Gasteiger partial charge on any atom is 0.248 e. The highest BCUT2D eigenvalue weighted by atomic mass is 16.2. The molecule has 1 aliphatic heterocycles. The van der Waals surface area contributed by atoms with Crippen molar-refractivity contribution >= 4 is 11.8 Å². The van der Waals surface area contributed by atoms with Crippen LogP contribution in [-0.4, -0.2) is 40.3 Å². The molecule has 1 saturated heterocycles. The molecule has 2 rings (SSSR count). The molecule has 0 saturated carbocycles. The van der Waals surface area contributed by atoms with Crippen molar-refractivity contribution in [2.24, 2.45) is 0 Å². The Labute approximate surface area is 119 Å². The first-order valence-corrected chi connectivity index (χ1v) is 7.10. The average Bonchev–Trinajstić information content (AvgIpc) is 2.49. The molecule has 2 amide bonds. The Balaban J connectivity index is 2.07. The van der Waals surface area contributed by atoms with Crippen LogP contribution in [0.1, 0.15) is 32.3 Å². The highest BCUT2D eigenvalue weighted by Gasteiger charge is 2.43. The molecule has 5 nitrogen and oxygen atoms in total. The van der Waals surface area contributed by atoms with Gasteiger partial charge in [-0.2, -0.15) is 0 Å². The summed E-state index contributed by atoms with van der Waals surface area (Å²) in [6.07, 6.45) is 5.48. The zero-order valence-corrected chi connectivity index (χ0v) is 12.1. The summed E-state index contributed by atoms with van der Waals surface area (Å²) in [4.78, 5) is 30.1. The lowest BCUT2D eigenvalue weighted by Gasteiger charge is -2.41. The van der Waals surface area contributed by atoms with Crippen LogP contribution in [0.3, 0.4) is 0 Å². The molecule has 2 heterocycles. The Morgan fingerprint density at radius 1 is 1.35 bits per heavy atom. The normalized spacial score (nSPS) is 18.0. The maximum atomic E-state index is 12.6. The third-order valence-corrected chi connectivity index (χ3v) is 4.01. The molecule has 0 bridgehead atoms. The van der Waals surface area contributed by atoms with E-state index in [1.54, 1.807) is 17.3 Å². The quantitative estimate of drug-likeness (QED) is 0.876. The van der Waals surface area contributed by atoms with Gasteiger partial charge < -0.3 is 10.2 Å². The third-order valence-electron chi connectivity index (χ3n) is 4.01. The van der Waals surface area contributed by atoms with Gasteiger partial charge >= 0.3 is 0 Å². The molecule has 0 aliphatic carbocycles. The van der Waals surface area contributed by atoms with Crippen LogP contribution in [0.25, 0.3) is 0 Å². The summed E-state index contributed by atoms with van der Waals surface area (Å²) in [6, 6.07) is 3.86. The largest absolute Gasteiger partial charge is 0.340 e. The molecule has 5 heteroatoms. The zero-order valence-electron chi connectivity index (χ0n) is 12.1. The lowest BCUT2D eigenvalue weighted by molar-refractivity contribution is -0.150. The van der Waals surface area contributed by atoms with E-state index in [-0.39, 0.29) is 18.4 Å². The van der Waals surface area contributed by atoms with Gasteiger partial charge in [0.05, 0.1) is 6.54 Å². The second-order valence-corrected chi connectivity index (χ2v) is 5.18. The molecule has 1 aromatic heterocycles. The van der Waals surface area contributed by atoms with Gasteiger partial charge in [0, 0.05) is 18.9 Å². The van der Waals surface area contributed by atoms with Crippen molar-refractivity contribution in [1.29, 1.82) is 0 Å². The average molecular weight is 275 g/mol. The molecule has 0 aromatic carbocycles. The number of hydrogen-bond donors (Lipinski definition) is 1. The van der Waals surface area contributed by atoms with Gasteiger partial charge in [-0.05, 0) is 30.9 Å². The fraction of sp³-hybridized carbons (Fsp3) is 0.533. The van der Waals surface area contributed by atoms with Crippen LogP contribution in [0.2, 0.25) is 0 Å². The lowest BCUT2D eigenvalue weighted by atomic mass is 9.89. The van der Waals surface area contributed by atoms with Crippen LogP contribution in [0.5, 0.6) is 0 Å². The van der Waals surface area contributed by atoms with Gasteiger partial charge in [-0.25, -0.2) is 0 Å². The fourth-order valence-electron chi connectivity index (χ4n) is 2.63. The predicted molar refractivity (Wildman–Crippen MR) is 76.0 cm³/mol. The molecule has 20 heavy (non-hydrogen) atoms. The standard InChI is InChI=1S/C15H21N3O2/c1-3-15(4-2)14(20)18(11-13(19)17-15)9-7-12-6-5-8-16-10-12/h5-6,8,10H,3-4,7,9,11H2,1-2H3,(H,17,19). The Bertz CT molecular complexity index is 483. The molecule has 1 N–H and O–H groups in total. The van der Waals surface area contributed by atoms with Crippen molar-refractivity contribution in [3.8, 4) is 0 Å². The summed E-state index contributed by atoms with van der Waals surface area (Å²) in [5.74, 6) is -0.0366. The van der Waals surface area contributed by atoms with Crippen molar-refractivity contribution < 1.29 is 9.59 Å². The molecule has 0 spiro atoms. The minimum absolute atomic E-state index is 0.0333. The second kappa shape index (κ2) is 6.03. The Morgan fingerprint density at radius 3 is 2.70 bits per heavy atom. The van der Waals surface area contributed by atoms with Crippen molar-refractivity contribution in [3.05, 3.63) is 30.1 Å². The number of pyridine rings is 1. The number of nitrogens with one attached hydrogen (secondary N) is 1. The Morgan fingerprint density at radius 2 is 2.10 bits per heavy atom.